The number of aromatic nitrogens is 1. The molecule has 0 radical (unpaired) electrons. The van der Waals surface area contributed by atoms with Gasteiger partial charge in [0.2, 0.25) is 15.8 Å². The van der Waals surface area contributed by atoms with E-state index < -0.39 is 21.7 Å². The highest BCUT2D eigenvalue weighted by molar-refractivity contribution is 7.89. The molecular weight excluding hydrogens is 532 g/mol. The molecule has 0 spiro atoms. The number of aromatic hydroxyl groups is 1. The number of hydrogen-bond donors (Lipinski definition) is 2. The van der Waals surface area contributed by atoms with E-state index >= 15 is 0 Å². The molecule has 4 aromatic rings. The van der Waals surface area contributed by atoms with Gasteiger partial charge in [0.25, 0.3) is 0 Å². The van der Waals surface area contributed by atoms with Crippen molar-refractivity contribution in [1.29, 1.82) is 0 Å². The summed E-state index contributed by atoms with van der Waals surface area (Å²) in [6, 6.07) is 17.3. The van der Waals surface area contributed by atoms with Gasteiger partial charge in [-0.15, -0.1) is 0 Å². The number of rotatable bonds is 7. The average molecular weight is 565 g/mol. The summed E-state index contributed by atoms with van der Waals surface area (Å²) in [5.41, 5.74) is 2.23. The van der Waals surface area contributed by atoms with Crippen molar-refractivity contribution in [3.63, 3.8) is 0 Å². The molecule has 3 aromatic carbocycles. The van der Waals surface area contributed by atoms with E-state index in [0.29, 0.717) is 28.8 Å². The molecule has 0 unspecified atom stereocenters. The van der Waals surface area contributed by atoms with Crippen LogP contribution in [-0.2, 0) is 21.2 Å². The number of fused-ring (bicyclic) bond motifs is 1. The van der Waals surface area contributed by atoms with Gasteiger partial charge in [-0.3, -0.25) is 0 Å². The number of ether oxygens (including phenoxy) is 3. The highest BCUT2D eigenvalue weighted by atomic mass is 32.2. The highest BCUT2D eigenvalue weighted by Crippen LogP contribution is 2.47. The van der Waals surface area contributed by atoms with Crippen LogP contribution in [0.25, 0.3) is 28.2 Å². The quantitative estimate of drug-likeness (QED) is 0.294. The van der Waals surface area contributed by atoms with Crippen LogP contribution in [0.2, 0.25) is 0 Å². The first-order valence-electron chi connectivity index (χ1n) is 12.4. The number of nitrogens with two attached hydrogens (primary N) is 1. The van der Waals surface area contributed by atoms with Crippen LogP contribution in [0.4, 0.5) is 4.79 Å². The zero-order chi connectivity index (χ0) is 29.2. The van der Waals surface area contributed by atoms with E-state index in [0.717, 1.165) is 10.9 Å². The number of carbonyl (C=O) groups excluding carboxylic acids is 1. The Kier molecular flexibility index (Phi) is 7.95. The molecule has 1 heterocycles. The molecule has 0 saturated heterocycles. The highest BCUT2D eigenvalue weighted by Gasteiger charge is 2.27. The molecule has 10 heteroatoms. The maximum absolute atomic E-state index is 13.4. The van der Waals surface area contributed by atoms with Crippen molar-refractivity contribution < 1.29 is 32.5 Å². The number of methoxy groups -OCH3 is 2. The first kappa shape index (κ1) is 28.7. The van der Waals surface area contributed by atoms with Crippen molar-refractivity contribution in [2.75, 3.05) is 14.2 Å². The molecule has 4 rings (SSSR count). The van der Waals surface area contributed by atoms with Crippen LogP contribution in [0.1, 0.15) is 31.9 Å². The van der Waals surface area contributed by atoms with Gasteiger partial charge in [-0.05, 0) is 63.1 Å². The van der Waals surface area contributed by atoms with Crippen molar-refractivity contribution in [1.82, 2.24) is 4.57 Å². The maximum Gasteiger partial charge on any atom is 0.419 e. The van der Waals surface area contributed by atoms with Crippen molar-refractivity contribution in [2.45, 2.75) is 37.7 Å². The summed E-state index contributed by atoms with van der Waals surface area (Å²) in [4.78, 5) is 13.4. The normalized spacial score (nSPS) is 12.2. The Morgan fingerprint density at radius 1 is 1.00 bits per heavy atom. The Morgan fingerprint density at radius 3 is 2.25 bits per heavy atom. The molecule has 0 saturated carbocycles. The SMILES string of the molecule is COc1c(C=CCc2ccc(S(N)(=O)=O)cc2)cc(-c2cc3ccccc3n2C(=O)OC(C)(C)C)c(OC)c1O. The van der Waals surface area contributed by atoms with Crippen LogP contribution in [-0.4, -0.2) is 44.0 Å². The zero-order valence-electron chi connectivity index (χ0n) is 23.0. The van der Waals surface area contributed by atoms with E-state index in [-0.39, 0.29) is 22.1 Å². The fraction of sp³-hybridized carbons (Fsp3) is 0.233. The van der Waals surface area contributed by atoms with Crippen LogP contribution in [0.15, 0.2) is 71.6 Å². The van der Waals surface area contributed by atoms with Gasteiger partial charge in [-0.2, -0.15) is 0 Å². The molecular formula is C30H32N2O7S. The van der Waals surface area contributed by atoms with Gasteiger partial charge in [-0.25, -0.2) is 22.9 Å². The van der Waals surface area contributed by atoms with Crippen molar-refractivity contribution in [3.05, 3.63) is 77.9 Å². The summed E-state index contributed by atoms with van der Waals surface area (Å²) in [6.45, 7) is 5.38. The number of carbonyl (C=O) groups is 1. The van der Waals surface area contributed by atoms with Crippen molar-refractivity contribution >= 4 is 33.1 Å². The lowest BCUT2D eigenvalue weighted by atomic mass is 10.0. The number of sulfonamides is 1. The fourth-order valence-corrected chi connectivity index (χ4v) is 4.90. The molecule has 0 aliphatic heterocycles. The summed E-state index contributed by atoms with van der Waals surface area (Å²) in [6.07, 6.45) is 3.52. The zero-order valence-corrected chi connectivity index (χ0v) is 23.8. The lowest BCUT2D eigenvalue weighted by Gasteiger charge is -2.22. The largest absolute Gasteiger partial charge is 0.502 e. The number of primary sulfonamides is 1. The Hall–Kier alpha value is -4.28. The molecule has 3 N–H and O–H groups in total. The second-order valence-electron chi connectivity index (χ2n) is 10.1. The number of phenols is 1. The standard InChI is InChI=1S/C30H32N2O7S/c1-30(2,3)39-29(34)32-24-12-7-6-10-20(24)18-25(32)23-17-21(27(37-4)26(33)28(23)38-5)11-8-9-19-13-15-22(16-14-19)40(31,35)36/h6-8,10-18,33H,9H2,1-5H3,(H2,31,35,36). The lowest BCUT2D eigenvalue weighted by Crippen LogP contribution is -2.27. The molecule has 0 bridgehead atoms. The molecule has 0 amide bonds. The van der Waals surface area contributed by atoms with Crippen LogP contribution < -0.4 is 14.6 Å². The number of nitrogens with zero attached hydrogens (tertiary/aromatic N) is 1. The summed E-state index contributed by atoms with van der Waals surface area (Å²) in [5.74, 6) is 0.113. The first-order chi connectivity index (χ1) is 18.8. The minimum Gasteiger partial charge on any atom is -0.502 e. The third-order valence-corrected chi connectivity index (χ3v) is 7.04. The topological polar surface area (TPSA) is 130 Å². The third kappa shape index (κ3) is 5.98. The van der Waals surface area contributed by atoms with Crippen LogP contribution >= 0.6 is 0 Å². The molecule has 0 fully saturated rings. The molecule has 1 aromatic heterocycles. The van der Waals surface area contributed by atoms with Gasteiger partial charge in [0.1, 0.15) is 5.60 Å². The van der Waals surface area contributed by atoms with Crippen molar-refractivity contribution in [3.8, 4) is 28.5 Å². The van der Waals surface area contributed by atoms with Gasteiger partial charge >= 0.3 is 6.09 Å². The Bertz CT molecular complexity index is 1700. The number of para-hydroxylation sites is 1. The smallest absolute Gasteiger partial charge is 0.419 e. The average Bonchev–Trinajstić information content (AvgIpc) is 3.27. The van der Waals surface area contributed by atoms with Gasteiger partial charge in [-0.1, -0.05) is 42.5 Å². The van der Waals surface area contributed by atoms with E-state index in [2.05, 4.69) is 0 Å². The predicted molar refractivity (Wildman–Crippen MR) is 154 cm³/mol. The van der Waals surface area contributed by atoms with Gasteiger partial charge in [0.15, 0.2) is 11.5 Å². The molecule has 210 valence electrons. The summed E-state index contributed by atoms with van der Waals surface area (Å²) >= 11 is 0. The minimum absolute atomic E-state index is 0.0343. The third-order valence-electron chi connectivity index (χ3n) is 6.11. The summed E-state index contributed by atoms with van der Waals surface area (Å²) in [5, 5.41) is 17.1. The second-order valence-corrected chi connectivity index (χ2v) is 11.7. The van der Waals surface area contributed by atoms with Crippen LogP contribution in [0.3, 0.4) is 0 Å². The van der Waals surface area contributed by atoms with Crippen LogP contribution in [0.5, 0.6) is 17.2 Å². The summed E-state index contributed by atoms with van der Waals surface area (Å²) < 4.78 is 41.3. The van der Waals surface area contributed by atoms with Gasteiger partial charge < -0.3 is 19.3 Å². The molecule has 0 atom stereocenters. The molecule has 40 heavy (non-hydrogen) atoms. The molecule has 0 aliphatic rings. The Labute approximate surface area is 233 Å². The van der Waals surface area contributed by atoms with E-state index in [4.69, 9.17) is 19.3 Å². The molecule has 9 nitrogen and oxygen atoms in total. The van der Waals surface area contributed by atoms with Crippen molar-refractivity contribution in [2.24, 2.45) is 5.14 Å². The monoisotopic (exact) mass is 564 g/mol. The van der Waals surface area contributed by atoms with Gasteiger partial charge in [0.05, 0.1) is 30.3 Å². The second kappa shape index (κ2) is 11.1. The fourth-order valence-electron chi connectivity index (χ4n) is 4.38. The van der Waals surface area contributed by atoms with E-state index in [1.807, 2.05) is 36.4 Å². The minimum atomic E-state index is -3.77. The van der Waals surface area contributed by atoms with Gasteiger partial charge in [0, 0.05) is 16.5 Å². The van der Waals surface area contributed by atoms with E-state index in [1.165, 1.54) is 30.9 Å². The Morgan fingerprint density at radius 2 is 1.65 bits per heavy atom. The number of hydrogen-bond acceptors (Lipinski definition) is 7. The Balaban J connectivity index is 1.82. The lowest BCUT2D eigenvalue weighted by molar-refractivity contribution is 0.0547. The van der Waals surface area contributed by atoms with Crippen LogP contribution in [0, 0.1) is 0 Å². The summed E-state index contributed by atoms with van der Waals surface area (Å²) in [7, 11) is -0.904. The predicted octanol–water partition coefficient (Wildman–Crippen LogP) is 5.72. The number of benzene rings is 3. The van der Waals surface area contributed by atoms with E-state index in [1.54, 1.807) is 45.0 Å². The number of allylic oxidation sites excluding steroid dienone is 1. The maximum atomic E-state index is 13.4. The van der Waals surface area contributed by atoms with E-state index in [9.17, 15) is 18.3 Å². The number of phenolic OH excluding ortho intramolecular Hbond substituents is 1. The molecule has 0 aliphatic carbocycles. The first-order valence-corrected chi connectivity index (χ1v) is 14.0.